The van der Waals surface area contributed by atoms with Crippen LogP contribution in [0.4, 0.5) is 4.79 Å². The van der Waals surface area contributed by atoms with Crippen molar-refractivity contribution < 1.29 is 18.0 Å². The number of hydrogen-bond acceptors (Lipinski definition) is 4. The summed E-state index contributed by atoms with van der Waals surface area (Å²) in [4.78, 5) is 24.2. The molecule has 0 saturated heterocycles. The van der Waals surface area contributed by atoms with E-state index in [1.165, 1.54) is 12.1 Å². The van der Waals surface area contributed by atoms with Gasteiger partial charge in [0.2, 0.25) is 5.91 Å². The van der Waals surface area contributed by atoms with E-state index in [0.29, 0.717) is 12.5 Å². The molecule has 0 heterocycles. The molecular formula is C23H29N3O4S. The Morgan fingerprint density at radius 2 is 1.55 bits per heavy atom. The molecule has 0 radical (unpaired) electrons. The summed E-state index contributed by atoms with van der Waals surface area (Å²) in [6, 6.07) is 14.8. The van der Waals surface area contributed by atoms with Gasteiger partial charge in [-0.15, -0.1) is 0 Å². The molecule has 0 spiro atoms. The first kappa shape index (κ1) is 22.8. The SMILES string of the molecule is CC1CCC(NC(=O)NS(=O)(=O)c2ccc(CNC(=O)Cc3ccccc3)cc2)CC1. The van der Waals surface area contributed by atoms with Gasteiger partial charge in [-0.05, 0) is 54.9 Å². The molecule has 2 aromatic rings. The highest BCUT2D eigenvalue weighted by atomic mass is 32.2. The molecule has 7 nitrogen and oxygen atoms in total. The number of nitrogens with one attached hydrogen (secondary N) is 3. The Bertz CT molecular complexity index is 983. The lowest BCUT2D eigenvalue weighted by molar-refractivity contribution is -0.120. The third-order valence-electron chi connectivity index (χ3n) is 5.51. The van der Waals surface area contributed by atoms with E-state index in [2.05, 4.69) is 22.3 Å². The molecule has 166 valence electrons. The van der Waals surface area contributed by atoms with E-state index in [9.17, 15) is 18.0 Å². The summed E-state index contributed by atoms with van der Waals surface area (Å²) in [5, 5.41) is 5.57. The van der Waals surface area contributed by atoms with Crippen molar-refractivity contribution in [1.82, 2.24) is 15.4 Å². The Balaban J connectivity index is 1.48. The summed E-state index contributed by atoms with van der Waals surface area (Å²) >= 11 is 0. The Morgan fingerprint density at radius 3 is 2.19 bits per heavy atom. The largest absolute Gasteiger partial charge is 0.352 e. The van der Waals surface area contributed by atoms with Gasteiger partial charge in [0.15, 0.2) is 0 Å². The minimum atomic E-state index is -3.96. The zero-order valence-corrected chi connectivity index (χ0v) is 18.5. The molecular weight excluding hydrogens is 414 g/mol. The number of benzene rings is 2. The van der Waals surface area contributed by atoms with Gasteiger partial charge in [0.1, 0.15) is 0 Å². The molecule has 3 rings (SSSR count). The Morgan fingerprint density at radius 1 is 0.903 bits per heavy atom. The highest BCUT2D eigenvalue weighted by Crippen LogP contribution is 2.23. The van der Waals surface area contributed by atoms with Crippen LogP contribution in [0.5, 0.6) is 0 Å². The lowest BCUT2D eigenvalue weighted by Crippen LogP contribution is -2.45. The quantitative estimate of drug-likeness (QED) is 0.612. The standard InChI is InChI=1S/C23H29N3O4S/c1-17-7-11-20(12-8-17)25-23(28)26-31(29,30)21-13-9-19(10-14-21)16-24-22(27)15-18-5-3-2-4-6-18/h2-6,9-10,13-14,17,20H,7-8,11-12,15-16H2,1H3,(H,24,27)(H2,25,26,28). The lowest BCUT2D eigenvalue weighted by Gasteiger charge is -2.26. The summed E-state index contributed by atoms with van der Waals surface area (Å²) in [5.41, 5.74) is 1.69. The number of carbonyl (C=O) groups excluding carboxylic acids is 2. The fourth-order valence-corrected chi connectivity index (χ4v) is 4.55. The molecule has 8 heteroatoms. The van der Waals surface area contributed by atoms with Crippen molar-refractivity contribution in [2.45, 2.75) is 56.5 Å². The van der Waals surface area contributed by atoms with Crippen molar-refractivity contribution in [2.75, 3.05) is 0 Å². The number of carbonyl (C=O) groups is 2. The van der Waals surface area contributed by atoms with Crippen molar-refractivity contribution in [3.05, 3.63) is 65.7 Å². The zero-order chi connectivity index (χ0) is 22.3. The summed E-state index contributed by atoms with van der Waals surface area (Å²) < 4.78 is 27.0. The Kier molecular flexibility index (Phi) is 7.68. The van der Waals surface area contributed by atoms with Gasteiger partial charge in [0.25, 0.3) is 10.0 Å². The van der Waals surface area contributed by atoms with Crippen molar-refractivity contribution in [3.8, 4) is 0 Å². The van der Waals surface area contributed by atoms with E-state index in [-0.39, 0.29) is 23.3 Å². The molecule has 0 atom stereocenters. The third kappa shape index (κ3) is 7.10. The second-order valence-corrected chi connectivity index (χ2v) is 9.80. The van der Waals surface area contributed by atoms with Crippen LogP contribution in [0, 0.1) is 5.92 Å². The van der Waals surface area contributed by atoms with Crippen LogP contribution >= 0.6 is 0 Å². The van der Waals surface area contributed by atoms with Crippen LogP contribution in [0.2, 0.25) is 0 Å². The monoisotopic (exact) mass is 443 g/mol. The topological polar surface area (TPSA) is 104 Å². The molecule has 3 amide bonds. The van der Waals surface area contributed by atoms with Gasteiger partial charge in [-0.3, -0.25) is 4.79 Å². The summed E-state index contributed by atoms with van der Waals surface area (Å²) in [6.45, 7) is 2.47. The van der Waals surface area contributed by atoms with Crippen molar-refractivity contribution in [3.63, 3.8) is 0 Å². The van der Waals surface area contributed by atoms with Gasteiger partial charge in [-0.1, -0.05) is 49.4 Å². The molecule has 1 fully saturated rings. The van der Waals surface area contributed by atoms with Crippen LogP contribution in [0.3, 0.4) is 0 Å². The molecule has 31 heavy (non-hydrogen) atoms. The van der Waals surface area contributed by atoms with Gasteiger partial charge in [0.05, 0.1) is 11.3 Å². The maximum Gasteiger partial charge on any atom is 0.328 e. The first-order valence-electron chi connectivity index (χ1n) is 10.5. The average Bonchev–Trinajstić information content (AvgIpc) is 2.74. The second kappa shape index (κ2) is 10.4. The highest BCUT2D eigenvalue weighted by molar-refractivity contribution is 7.90. The van der Waals surface area contributed by atoms with Gasteiger partial charge < -0.3 is 10.6 Å². The zero-order valence-electron chi connectivity index (χ0n) is 17.6. The fourth-order valence-electron chi connectivity index (χ4n) is 3.63. The van der Waals surface area contributed by atoms with Crippen LogP contribution in [-0.4, -0.2) is 26.4 Å². The predicted octanol–water partition coefficient (Wildman–Crippen LogP) is 3.11. The van der Waals surface area contributed by atoms with Crippen LogP contribution in [0.15, 0.2) is 59.5 Å². The third-order valence-corrected chi connectivity index (χ3v) is 6.86. The summed E-state index contributed by atoms with van der Waals surface area (Å²) in [6.07, 6.45) is 4.06. The molecule has 2 aromatic carbocycles. The number of rotatable bonds is 7. The molecule has 0 unspecified atom stereocenters. The van der Waals surface area contributed by atoms with E-state index in [1.54, 1.807) is 12.1 Å². The van der Waals surface area contributed by atoms with E-state index < -0.39 is 16.1 Å². The van der Waals surface area contributed by atoms with Gasteiger partial charge in [0, 0.05) is 12.6 Å². The smallest absolute Gasteiger partial charge is 0.328 e. The van der Waals surface area contributed by atoms with Gasteiger partial charge in [-0.25, -0.2) is 17.9 Å². The molecule has 3 N–H and O–H groups in total. The Labute approximate surface area is 183 Å². The van der Waals surface area contributed by atoms with Gasteiger partial charge >= 0.3 is 6.03 Å². The molecule has 0 aliphatic heterocycles. The van der Waals surface area contributed by atoms with Crippen molar-refractivity contribution in [1.29, 1.82) is 0 Å². The minimum Gasteiger partial charge on any atom is -0.352 e. The van der Waals surface area contributed by atoms with E-state index >= 15 is 0 Å². The van der Waals surface area contributed by atoms with Crippen molar-refractivity contribution >= 4 is 22.0 Å². The van der Waals surface area contributed by atoms with E-state index in [0.717, 1.165) is 36.8 Å². The van der Waals surface area contributed by atoms with E-state index in [4.69, 9.17) is 0 Å². The first-order valence-corrected chi connectivity index (χ1v) is 12.0. The number of urea groups is 1. The van der Waals surface area contributed by atoms with Crippen LogP contribution in [0.1, 0.15) is 43.7 Å². The maximum absolute atomic E-state index is 12.5. The normalized spacial score (nSPS) is 18.7. The number of sulfonamides is 1. The average molecular weight is 444 g/mol. The van der Waals surface area contributed by atoms with Crippen LogP contribution < -0.4 is 15.4 Å². The molecule has 1 saturated carbocycles. The molecule has 0 bridgehead atoms. The Hall–Kier alpha value is -2.87. The molecule has 0 aromatic heterocycles. The minimum absolute atomic E-state index is 0.000668. The van der Waals surface area contributed by atoms with Crippen LogP contribution in [-0.2, 0) is 27.8 Å². The van der Waals surface area contributed by atoms with Gasteiger partial charge in [-0.2, -0.15) is 0 Å². The predicted molar refractivity (Wildman–Crippen MR) is 119 cm³/mol. The molecule has 1 aliphatic rings. The van der Waals surface area contributed by atoms with Crippen LogP contribution in [0.25, 0.3) is 0 Å². The number of hydrogen-bond donors (Lipinski definition) is 3. The lowest BCUT2D eigenvalue weighted by atomic mass is 9.87. The second-order valence-electron chi connectivity index (χ2n) is 8.12. The van der Waals surface area contributed by atoms with Crippen molar-refractivity contribution in [2.24, 2.45) is 5.92 Å². The molecule has 1 aliphatic carbocycles. The highest BCUT2D eigenvalue weighted by Gasteiger charge is 2.23. The number of amides is 3. The summed E-state index contributed by atoms with van der Waals surface area (Å²) in [7, 11) is -3.96. The first-order chi connectivity index (χ1) is 14.8. The fraction of sp³-hybridized carbons (Fsp3) is 0.391. The maximum atomic E-state index is 12.5. The van der Waals surface area contributed by atoms with E-state index in [1.807, 2.05) is 30.3 Å². The summed E-state index contributed by atoms with van der Waals surface area (Å²) in [5.74, 6) is 0.532.